The number of allylic oxidation sites excluding steroid dienone is 2. The molecular formula is C17H22O4. The van der Waals surface area contributed by atoms with E-state index in [-0.39, 0.29) is 11.8 Å². The summed E-state index contributed by atoms with van der Waals surface area (Å²) in [5.41, 5.74) is 3.80. The Bertz CT molecular complexity index is 521. The lowest BCUT2D eigenvalue weighted by atomic mass is 9.69. The molecule has 4 atom stereocenters. The molecule has 0 saturated heterocycles. The number of hydrogen-bond donors (Lipinski definition) is 0. The predicted molar refractivity (Wildman–Crippen MR) is 77.2 cm³/mol. The first-order valence-electron chi connectivity index (χ1n) is 7.65. The lowest BCUT2D eigenvalue weighted by molar-refractivity contribution is -0.140. The van der Waals surface area contributed by atoms with Crippen LogP contribution in [0.3, 0.4) is 0 Å². The molecule has 21 heavy (non-hydrogen) atoms. The van der Waals surface area contributed by atoms with Crippen molar-refractivity contribution in [3.63, 3.8) is 0 Å². The first kappa shape index (κ1) is 14.4. The zero-order valence-electron chi connectivity index (χ0n) is 13.1. The molecule has 4 heteroatoms. The van der Waals surface area contributed by atoms with Crippen LogP contribution in [0.15, 0.2) is 22.3 Å². The fourth-order valence-electron chi connectivity index (χ4n) is 4.80. The van der Waals surface area contributed by atoms with E-state index in [1.807, 2.05) is 13.8 Å². The second-order valence-corrected chi connectivity index (χ2v) is 6.37. The van der Waals surface area contributed by atoms with Gasteiger partial charge in [0.1, 0.15) is 0 Å². The van der Waals surface area contributed by atoms with Gasteiger partial charge in [0.15, 0.2) is 0 Å². The minimum atomic E-state index is -0.399. The van der Waals surface area contributed by atoms with Gasteiger partial charge in [0.25, 0.3) is 0 Å². The standard InChI is InChI=1S/C17H22O4/c1-8-12-10-5-6-11(7-10)13(12)9(2)15(17(19)21-4)14(8)16(18)20-3/h8-11H,5-7H2,1-4H3. The molecule has 2 bridgehead atoms. The fourth-order valence-corrected chi connectivity index (χ4v) is 4.80. The zero-order valence-corrected chi connectivity index (χ0v) is 13.1. The Kier molecular flexibility index (Phi) is 3.42. The second-order valence-electron chi connectivity index (χ2n) is 6.37. The summed E-state index contributed by atoms with van der Waals surface area (Å²) >= 11 is 0. The quantitative estimate of drug-likeness (QED) is 0.579. The molecule has 0 radical (unpaired) electrons. The van der Waals surface area contributed by atoms with Crippen LogP contribution in [-0.2, 0) is 19.1 Å². The van der Waals surface area contributed by atoms with Gasteiger partial charge >= 0.3 is 11.9 Å². The number of ether oxygens (including phenoxy) is 2. The normalized spacial score (nSPS) is 34.1. The van der Waals surface area contributed by atoms with E-state index in [9.17, 15) is 9.59 Å². The van der Waals surface area contributed by atoms with Crippen LogP contribution in [0.5, 0.6) is 0 Å². The van der Waals surface area contributed by atoms with Gasteiger partial charge in [-0.15, -0.1) is 0 Å². The number of methoxy groups -OCH3 is 2. The van der Waals surface area contributed by atoms with Gasteiger partial charge in [-0.25, -0.2) is 9.59 Å². The van der Waals surface area contributed by atoms with Crippen molar-refractivity contribution in [1.29, 1.82) is 0 Å². The van der Waals surface area contributed by atoms with Crippen LogP contribution in [0.2, 0.25) is 0 Å². The van der Waals surface area contributed by atoms with Gasteiger partial charge in [-0.1, -0.05) is 25.0 Å². The molecule has 4 unspecified atom stereocenters. The molecule has 3 aliphatic carbocycles. The van der Waals surface area contributed by atoms with Crippen LogP contribution in [0, 0.1) is 23.7 Å². The van der Waals surface area contributed by atoms with Crippen molar-refractivity contribution in [2.45, 2.75) is 33.1 Å². The summed E-state index contributed by atoms with van der Waals surface area (Å²) < 4.78 is 9.87. The molecule has 0 spiro atoms. The first-order chi connectivity index (χ1) is 10.0. The maximum atomic E-state index is 12.2. The van der Waals surface area contributed by atoms with Gasteiger partial charge in [-0.3, -0.25) is 0 Å². The van der Waals surface area contributed by atoms with Crippen molar-refractivity contribution in [2.75, 3.05) is 14.2 Å². The predicted octanol–water partition coefficient (Wildman–Crippen LogP) is 2.64. The molecule has 0 heterocycles. The number of esters is 2. The molecule has 3 rings (SSSR count). The van der Waals surface area contributed by atoms with E-state index in [1.165, 1.54) is 44.6 Å². The van der Waals surface area contributed by atoms with Crippen LogP contribution < -0.4 is 0 Å². The zero-order chi connectivity index (χ0) is 15.3. The Morgan fingerprint density at radius 3 is 1.57 bits per heavy atom. The van der Waals surface area contributed by atoms with Crippen molar-refractivity contribution in [3.8, 4) is 0 Å². The van der Waals surface area contributed by atoms with Crippen molar-refractivity contribution >= 4 is 11.9 Å². The largest absolute Gasteiger partial charge is 0.466 e. The van der Waals surface area contributed by atoms with Gasteiger partial charge < -0.3 is 9.47 Å². The molecule has 0 aromatic heterocycles. The maximum absolute atomic E-state index is 12.2. The summed E-state index contributed by atoms with van der Waals surface area (Å²) in [6.45, 7) is 4.05. The van der Waals surface area contributed by atoms with E-state index in [4.69, 9.17) is 9.47 Å². The van der Waals surface area contributed by atoms with Crippen LogP contribution in [0.1, 0.15) is 33.1 Å². The molecule has 114 valence electrons. The lowest BCUT2D eigenvalue weighted by Gasteiger charge is -2.35. The molecule has 1 fully saturated rings. The summed E-state index contributed by atoms with van der Waals surface area (Å²) in [7, 11) is 2.73. The SMILES string of the molecule is COC(=O)C1=C(C(=O)OC)C(C)C2=C(C3CCC2C3)C1C. The Morgan fingerprint density at radius 1 is 0.857 bits per heavy atom. The number of hydrogen-bond acceptors (Lipinski definition) is 4. The van der Waals surface area contributed by atoms with Gasteiger partial charge in [-0.2, -0.15) is 0 Å². The summed E-state index contributed by atoms with van der Waals surface area (Å²) in [5, 5.41) is 0. The number of fused-ring (bicyclic) bond motifs is 4. The van der Waals surface area contributed by atoms with E-state index < -0.39 is 11.9 Å². The Morgan fingerprint density at radius 2 is 1.24 bits per heavy atom. The molecule has 0 N–H and O–H groups in total. The third kappa shape index (κ3) is 1.88. The molecule has 4 nitrogen and oxygen atoms in total. The minimum Gasteiger partial charge on any atom is -0.466 e. The number of rotatable bonds is 2. The summed E-state index contributed by atoms with van der Waals surface area (Å²) in [5.74, 6) is 0.303. The highest BCUT2D eigenvalue weighted by molar-refractivity contribution is 6.02. The average Bonchev–Trinajstić information content (AvgIpc) is 3.10. The molecule has 0 aromatic carbocycles. The van der Waals surface area contributed by atoms with Crippen molar-refractivity contribution < 1.29 is 19.1 Å². The van der Waals surface area contributed by atoms with Crippen LogP contribution in [0.4, 0.5) is 0 Å². The molecule has 0 aliphatic heterocycles. The van der Waals surface area contributed by atoms with Crippen molar-refractivity contribution in [2.24, 2.45) is 23.7 Å². The van der Waals surface area contributed by atoms with E-state index in [0.29, 0.717) is 23.0 Å². The van der Waals surface area contributed by atoms with Gasteiger partial charge in [0.05, 0.1) is 25.4 Å². The smallest absolute Gasteiger partial charge is 0.334 e. The molecule has 1 saturated carbocycles. The van der Waals surface area contributed by atoms with Crippen LogP contribution in [-0.4, -0.2) is 26.2 Å². The number of carbonyl (C=O) groups is 2. The van der Waals surface area contributed by atoms with Crippen LogP contribution >= 0.6 is 0 Å². The highest BCUT2D eigenvalue weighted by atomic mass is 16.5. The summed E-state index contributed by atoms with van der Waals surface area (Å²) in [4.78, 5) is 24.5. The van der Waals surface area contributed by atoms with E-state index in [0.717, 1.165) is 0 Å². The van der Waals surface area contributed by atoms with Gasteiger partial charge in [0, 0.05) is 11.8 Å². The maximum Gasteiger partial charge on any atom is 0.334 e. The first-order valence-corrected chi connectivity index (χ1v) is 7.65. The minimum absolute atomic E-state index is 0.0342. The monoisotopic (exact) mass is 290 g/mol. The van der Waals surface area contributed by atoms with E-state index in [2.05, 4.69) is 0 Å². The second kappa shape index (κ2) is 5.00. The Hall–Kier alpha value is -1.58. The topological polar surface area (TPSA) is 52.6 Å². The van der Waals surface area contributed by atoms with Gasteiger partial charge in [0.2, 0.25) is 0 Å². The van der Waals surface area contributed by atoms with Crippen LogP contribution in [0.25, 0.3) is 0 Å². The fraction of sp³-hybridized carbons (Fsp3) is 0.647. The average molecular weight is 290 g/mol. The van der Waals surface area contributed by atoms with E-state index >= 15 is 0 Å². The van der Waals surface area contributed by atoms with E-state index in [1.54, 1.807) is 0 Å². The Balaban J connectivity index is 2.13. The lowest BCUT2D eigenvalue weighted by Crippen LogP contribution is -2.31. The number of carbonyl (C=O) groups excluding carboxylic acids is 2. The third-order valence-corrected chi connectivity index (χ3v) is 5.55. The highest BCUT2D eigenvalue weighted by Gasteiger charge is 2.49. The summed E-state index contributed by atoms with van der Waals surface area (Å²) in [6, 6.07) is 0. The summed E-state index contributed by atoms with van der Waals surface area (Å²) in [6.07, 6.45) is 3.60. The molecule has 3 aliphatic rings. The molecule has 0 amide bonds. The Labute approximate surface area is 125 Å². The molecular weight excluding hydrogens is 268 g/mol. The third-order valence-electron chi connectivity index (χ3n) is 5.55. The van der Waals surface area contributed by atoms with Gasteiger partial charge in [-0.05, 0) is 31.1 Å². The van der Waals surface area contributed by atoms with Crippen molar-refractivity contribution in [3.05, 3.63) is 22.3 Å². The highest BCUT2D eigenvalue weighted by Crippen LogP contribution is 2.58. The van der Waals surface area contributed by atoms with Crippen molar-refractivity contribution in [1.82, 2.24) is 0 Å². The molecule has 0 aromatic rings.